The van der Waals surface area contributed by atoms with Crippen molar-refractivity contribution in [2.24, 2.45) is 0 Å². The van der Waals surface area contributed by atoms with Crippen molar-refractivity contribution in [2.75, 3.05) is 5.73 Å². The lowest BCUT2D eigenvalue weighted by molar-refractivity contribution is -0.137. The Balaban J connectivity index is 2.53. The topological polar surface area (TPSA) is 67.6 Å². The van der Waals surface area contributed by atoms with Crippen LogP contribution in [0.2, 0.25) is 0 Å². The molecule has 0 saturated carbocycles. The lowest BCUT2D eigenvalue weighted by Crippen LogP contribution is -2.09. The third kappa shape index (κ3) is 2.35. The molecule has 0 saturated heterocycles. The van der Waals surface area contributed by atoms with E-state index in [4.69, 9.17) is 11.0 Å². The molecule has 0 spiro atoms. The van der Waals surface area contributed by atoms with Gasteiger partial charge < -0.3 is 5.73 Å². The van der Waals surface area contributed by atoms with Gasteiger partial charge in [0.2, 0.25) is 0 Å². The minimum Gasteiger partial charge on any atom is -0.384 e. The molecule has 0 aliphatic heterocycles. The smallest absolute Gasteiger partial charge is 0.384 e. The van der Waals surface area contributed by atoms with Crippen molar-refractivity contribution in [3.63, 3.8) is 0 Å². The van der Waals surface area contributed by atoms with E-state index in [1.165, 1.54) is 6.07 Å². The van der Waals surface area contributed by atoms with Crippen LogP contribution in [0.1, 0.15) is 11.3 Å². The van der Waals surface area contributed by atoms with Crippen LogP contribution < -0.4 is 5.73 Å². The van der Waals surface area contributed by atoms with E-state index in [1.807, 2.05) is 0 Å². The second-order valence-electron chi connectivity index (χ2n) is 3.64. The van der Waals surface area contributed by atoms with Crippen molar-refractivity contribution in [3.05, 3.63) is 41.3 Å². The van der Waals surface area contributed by atoms with Crippen molar-refractivity contribution < 1.29 is 17.6 Å². The third-order valence-electron chi connectivity index (χ3n) is 2.35. The Morgan fingerprint density at radius 3 is 2.42 bits per heavy atom. The molecule has 0 amide bonds. The molecule has 4 nitrogen and oxygen atoms in total. The average Bonchev–Trinajstić information content (AvgIpc) is 2.69. The van der Waals surface area contributed by atoms with E-state index in [1.54, 1.807) is 6.07 Å². The van der Waals surface area contributed by atoms with Crippen LogP contribution in [0.5, 0.6) is 0 Å². The Bertz CT molecular complexity index is 666. The van der Waals surface area contributed by atoms with Gasteiger partial charge in [-0.25, -0.2) is 9.07 Å². The zero-order valence-corrected chi connectivity index (χ0v) is 9.24. The number of hydrogen-bond acceptors (Lipinski definition) is 3. The van der Waals surface area contributed by atoms with Crippen LogP contribution in [0, 0.1) is 17.1 Å². The summed E-state index contributed by atoms with van der Waals surface area (Å²) in [5.41, 5.74) is 4.08. The molecule has 0 unspecified atom stereocenters. The summed E-state index contributed by atoms with van der Waals surface area (Å²) in [6.07, 6.45) is -4.63. The standard InChI is InChI=1S/C11H6F4N4/c12-8-3-6(11(13,14)15)1-2-9(8)19-10(17)4-7(5-16)18-19/h1-4H,17H2. The summed E-state index contributed by atoms with van der Waals surface area (Å²) in [5.74, 6) is -1.18. The first-order chi connectivity index (χ1) is 8.82. The number of nitrogen functional groups attached to an aromatic ring is 1. The van der Waals surface area contributed by atoms with E-state index in [2.05, 4.69) is 5.10 Å². The number of aromatic nitrogens is 2. The SMILES string of the molecule is N#Cc1cc(N)n(-c2ccc(C(F)(F)F)cc2F)n1. The first-order valence-electron chi connectivity index (χ1n) is 4.95. The minimum atomic E-state index is -4.63. The van der Waals surface area contributed by atoms with Gasteiger partial charge in [-0.1, -0.05) is 0 Å². The van der Waals surface area contributed by atoms with Crippen LogP contribution in [0.15, 0.2) is 24.3 Å². The summed E-state index contributed by atoms with van der Waals surface area (Å²) in [7, 11) is 0. The molecule has 1 aromatic carbocycles. The predicted molar refractivity (Wildman–Crippen MR) is 57.7 cm³/mol. The number of anilines is 1. The number of nitrogens with two attached hydrogens (primary N) is 1. The number of alkyl halides is 3. The highest BCUT2D eigenvalue weighted by Crippen LogP contribution is 2.31. The number of rotatable bonds is 1. The first kappa shape index (κ1) is 12.9. The number of benzene rings is 1. The molecular formula is C11H6F4N4. The van der Waals surface area contributed by atoms with Crippen LogP contribution in [-0.2, 0) is 6.18 Å². The van der Waals surface area contributed by atoms with Gasteiger partial charge in [-0.2, -0.15) is 23.5 Å². The molecule has 2 rings (SSSR count). The average molecular weight is 270 g/mol. The van der Waals surface area contributed by atoms with E-state index in [0.717, 1.165) is 10.7 Å². The molecular weight excluding hydrogens is 264 g/mol. The summed E-state index contributed by atoms with van der Waals surface area (Å²) in [5, 5.41) is 12.3. The largest absolute Gasteiger partial charge is 0.416 e. The molecule has 1 heterocycles. The van der Waals surface area contributed by atoms with Gasteiger partial charge in [0.1, 0.15) is 23.4 Å². The molecule has 1 aromatic heterocycles. The van der Waals surface area contributed by atoms with Crippen LogP contribution >= 0.6 is 0 Å². The summed E-state index contributed by atoms with van der Waals surface area (Å²) in [6, 6.07) is 4.86. The van der Waals surface area contributed by atoms with Crippen LogP contribution in [0.25, 0.3) is 5.69 Å². The van der Waals surface area contributed by atoms with Gasteiger partial charge in [0.25, 0.3) is 0 Å². The van der Waals surface area contributed by atoms with Gasteiger partial charge in [0, 0.05) is 6.07 Å². The maximum Gasteiger partial charge on any atom is 0.416 e. The second-order valence-corrected chi connectivity index (χ2v) is 3.64. The zero-order valence-electron chi connectivity index (χ0n) is 9.24. The van der Waals surface area contributed by atoms with Crippen molar-refractivity contribution in [1.82, 2.24) is 9.78 Å². The van der Waals surface area contributed by atoms with Crippen molar-refractivity contribution in [2.45, 2.75) is 6.18 Å². The molecule has 0 bridgehead atoms. The van der Waals surface area contributed by atoms with E-state index in [-0.39, 0.29) is 17.2 Å². The van der Waals surface area contributed by atoms with Crippen molar-refractivity contribution >= 4 is 5.82 Å². The molecule has 2 N–H and O–H groups in total. The predicted octanol–water partition coefficient (Wildman–Crippen LogP) is 2.48. The lowest BCUT2D eigenvalue weighted by atomic mass is 10.2. The van der Waals surface area contributed by atoms with Gasteiger partial charge in [0.05, 0.1) is 5.56 Å². The fourth-order valence-electron chi connectivity index (χ4n) is 1.50. The first-order valence-corrected chi connectivity index (χ1v) is 4.95. The van der Waals surface area contributed by atoms with Gasteiger partial charge in [-0.3, -0.25) is 0 Å². The Morgan fingerprint density at radius 2 is 1.95 bits per heavy atom. The van der Waals surface area contributed by atoms with E-state index in [9.17, 15) is 17.6 Å². The van der Waals surface area contributed by atoms with Gasteiger partial charge in [-0.05, 0) is 18.2 Å². The molecule has 98 valence electrons. The fraction of sp³-hybridized carbons (Fsp3) is 0.0909. The maximum atomic E-state index is 13.7. The monoisotopic (exact) mass is 270 g/mol. The molecule has 0 fully saturated rings. The minimum absolute atomic E-state index is 0.0461. The second kappa shape index (κ2) is 4.28. The van der Waals surface area contributed by atoms with E-state index >= 15 is 0 Å². The molecule has 2 aromatic rings. The third-order valence-corrected chi connectivity index (χ3v) is 2.35. The van der Waals surface area contributed by atoms with Crippen LogP contribution in [0.4, 0.5) is 23.4 Å². The molecule has 0 aliphatic rings. The van der Waals surface area contributed by atoms with Crippen molar-refractivity contribution in [3.8, 4) is 11.8 Å². The summed E-state index contributed by atoms with van der Waals surface area (Å²) < 4.78 is 51.7. The number of nitriles is 1. The lowest BCUT2D eigenvalue weighted by Gasteiger charge is -2.09. The van der Waals surface area contributed by atoms with Crippen LogP contribution in [0.3, 0.4) is 0 Å². The van der Waals surface area contributed by atoms with Crippen LogP contribution in [-0.4, -0.2) is 9.78 Å². The molecule has 0 atom stereocenters. The summed E-state index contributed by atoms with van der Waals surface area (Å²) in [6.45, 7) is 0. The van der Waals surface area contributed by atoms with E-state index in [0.29, 0.717) is 12.1 Å². The number of halogens is 4. The number of nitrogens with zero attached hydrogens (tertiary/aromatic N) is 3. The Kier molecular flexibility index (Phi) is 2.90. The molecule has 0 aliphatic carbocycles. The normalized spacial score (nSPS) is 11.3. The van der Waals surface area contributed by atoms with E-state index < -0.39 is 17.6 Å². The van der Waals surface area contributed by atoms with Crippen molar-refractivity contribution in [1.29, 1.82) is 5.26 Å². The summed E-state index contributed by atoms with van der Waals surface area (Å²) in [4.78, 5) is 0. The van der Waals surface area contributed by atoms with Gasteiger partial charge >= 0.3 is 6.18 Å². The summed E-state index contributed by atoms with van der Waals surface area (Å²) >= 11 is 0. The van der Waals surface area contributed by atoms with Gasteiger partial charge in [-0.15, -0.1) is 0 Å². The van der Waals surface area contributed by atoms with Gasteiger partial charge in [0.15, 0.2) is 5.69 Å². The Hall–Kier alpha value is -2.56. The fourth-order valence-corrected chi connectivity index (χ4v) is 1.50. The zero-order chi connectivity index (χ0) is 14.2. The molecule has 8 heteroatoms. The maximum absolute atomic E-state index is 13.7. The Morgan fingerprint density at radius 1 is 1.26 bits per heavy atom. The highest BCUT2D eigenvalue weighted by Gasteiger charge is 2.31. The highest BCUT2D eigenvalue weighted by atomic mass is 19.4. The number of hydrogen-bond donors (Lipinski definition) is 1. The highest BCUT2D eigenvalue weighted by molar-refractivity contribution is 5.47. The molecule has 0 radical (unpaired) electrons. The quantitative estimate of drug-likeness (QED) is 0.809. The Labute approximate surface area is 104 Å². The molecule has 19 heavy (non-hydrogen) atoms.